The molecule has 112 valence electrons. The summed E-state index contributed by atoms with van der Waals surface area (Å²) in [4.78, 5) is 9.41. The van der Waals surface area contributed by atoms with Crippen molar-refractivity contribution in [2.24, 2.45) is 0 Å². The van der Waals surface area contributed by atoms with Crippen molar-refractivity contribution >= 4 is 23.5 Å². The molecule has 0 spiro atoms. The molecule has 1 aromatic heterocycles. The van der Waals surface area contributed by atoms with E-state index in [-0.39, 0.29) is 0 Å². The lowest BCUT2D eigenvalue weighted by Gasteiger charge is -2.27. The maximum Gasteiger partial charge on any atom is 0.142 e. The van der Waals surface area contributed by atoms with Gasteiger partial charge in [-0.1, -0.05) is 6.92 Å². The second-order valence-corrected chi connectivity index (χ2v) is 7.63. The first-order chi connectivity index (χ1) is 9.70. The first-order valence-electron chi connectivity index (χ1n) is 6.98. The summed E-state index contributed by atoms with van der Waals surface area (Å²) in [7, 11) is 1.72. The maximum atomic E-state index is 5.04. The van der Waals surface area contributed by atoms with Crippen LogP contribution in [-0.4, -0.2) is 47.0 Å². The van der Waals surface area contributed by atoms with Crippen LogP contribution < -0.4 is 5.32 Å². The Morgan fingerprint density at radius 3 is 2.90 bits per heavy atom. The van der Waals surface area contributed by atoms with Crippen LogP contribution in [0.1, 0.15) is 29.4 Å². The molecule has 2 unspecified atom stereocenters. The van der Waals surface area contributed by atoms with Crippen molar-refractivity contribution in [1.82, 2.24) is 15.3 Å². The summed E-state index contributed by atoms with van der Waals surface area (Å²) in [5.41, 5.74) is 2.13. The molecular formula is C14H23N3OS2. The van der Waals surface area contributed by atoms with Crippen LogP contribution in [0.25, 0.3) is 0 Å². The predicted octanol–water partition coefficient (Wildman–Crippen LogP) is 2.43. The minimum absolute atomic E-state index is 0.423. The summed E-state index contributed by atoms with van der Waals surface area (Å²) < 4.78 is 5.04. The van der Waals surface area contributed by atoms with E-state index in [4.69, 9.17) is 9.72 Å². The van der Waals surface area contributed by atoms with Gasteiger partial charge in [-0.15, -0.1) is 11.8 Å². The SMILES string of the molecule is COCCNCc1cc(C)nc(C2SCCSC2C)n1. The number of nitrogens with zero attached hydrogens (tertiary/aromatic N) is 2. The Balaban J connectivity index is 2.03. The summed E-state index contributed by atoms with van der Waals surface area (Å²) in [6.07, 6.45) is 0. The van der Waals surface area contributed by atoms with E-state index in [2.05, 4.69) is 30.2 Å². The zero-order chi connectivity index (χ0) is 14.4. The van der Waals surface area contributed by atoms with Crippen LogP contribution in [0, 0.1) is 6.92 Å². The molecule has 4 nitrogen and oxygen atoms in total. The molecule has 1 aliphatic heterocycles. The van der Waals surface area contributed by atoms with Gasteiger partial charge in [0.2, 0.25) is 0 Å². The van der Waals surface area contributed by atoms with E-state index in [1.165, 1.54) is 11.5 Å². The van der Waals surface area contributed by atoms with Gasteiger partial charge in [-0.2, -0.15) is 11.8 Å². The lowest BCUT2D eigenvalue weighted by molar-refractivity contribution is 0.199. The highest BCUT2D eigenvalue weighted by Crippen LogP contribution is 2.40. The van der Waals surface area contributed by atoms with E-state index in [9.17, 15) is 0 Å². The van der Waals surface area contributed by atoms with Gasteiger partial charge in [-0.05, 0) is 13.0 Å². The zero-order valence-corrected chi connectivity index (χ0v) is 14.0. The van der Waals surface area contributed by atoms with E-state index in [1.807, 2.05) is 23.5 Å². The Kier molecular flexibility index (Phi) is 6.61. The van der Waals surface area contributed by atoms with Crippen LogP contribution in [-0.2, 0) is 11.3 Å². The molecule has 0 aliphatic carbocycles. The van der Waals surface area contributed by atoms with E-state index in [0.29, 0.717) is 10.5 Å². The third-order valence-corrected chi connectivity index (χ3v) is 6.24. The first-order valence-corrected chi connectivity index (χ1v) is 9.07. The van der Waals surface area contributed by atoms with Crippen molar-refractivity contribution in [3.63, 3.8) is 0 Å². The van der Waals surface area contributed by atoms with Gasteiger partial charge in [-0.25, -0.2) is 9.97 Å². The highest BCUT2D eigenvalue weighted by Gasteiger charge is 2.26. The van der Waals surface area contributed by atoms with Crippen LogP contribution in [0.5, 0.6) is 0 Å². The number of nitrogens with one attached hydrogen (secondary N) is 1. The normalized spacial score (nSPS) is 22.9. The smallest absolute Gasteiger partial charge is 0.142 e. The van der Waals surface area contributed by atoms with Crippen molar-refractivity contribution in [3.8, 4) is 0 Å². The quantitative estimate of drug-likeness (QED) is 0.814. The number of aromatic nitrogens is 2. The summed E-state index contributed by atoms with van der Waals surface area (Å²) >= 11 is 4.01. The Labute approximate surface area is 129 Å². The van der Waals surface area contributed by atoms with E-state index >= 15 is 0 Å². The Hall–Kier alpha value is -0.300. The lowest BCUT2D eigenvalue weighted by atomic mass is 10.2. The van der Waals surface area contributed by atoms with Gasteiger partial charge in [0.25, 0.3) is 0 Å². The van der Waals surface area contributed by atoms with Crippen molar-refractivity contribution < 1.29 is 4.74 Å². The minimum Gasteiger partial charge on any atom is -0.383 e. The molecular weight excluding hydrogens is 290 g/mol. The molecule has 1 saturated heterocycles. The summed E-state index contributed by atoms with van der Waals surface area (Å²) in [6, 6.07) is 2.06. The predicted molar refractivity (Wildman–Crippen MR) is 87.5 cm³/mol. The van der Waals surface area contributed by atoms with E-state index in [0.717, 1.165) is 36.9 Å². The monoisotopic (exact) mass is 313 g/mol. The third kappa shape index (κ3) is 4.62. The van der Waals surface area contributed by atoms with Gasteiger partial charge in [-0.3, -0.25) is 0 Å². The number of ether oxygens (including phenoxy) is 1. The third-order valence-electron chi connectivity index (χ3n) is 3.16. The molecule has 0 radical (unpaired) electrons. The van der Waals surface area contributed by atoms with Gasteiger partial charge >= 0.3 is 0 Å². The topological polar surface area (TPSA) is 47.0 Å². The molecule has 1 N–H and O–H groups in total. The molecule has 0 bridgehead atoms. The highest BCUT2D eigenvalue weighted by atomic mass is 32.2. The number of aryl methyl sites for hydroxylation is 1. The molecule has 6 heteroatoms. The molecule has 0 amide bonds. The fourth-order valence-corrected chi connectivity index (χ4v) is 4.87. The average molecular weight is 313 g/mol. The highest BCUT2D eigenvalue weighted by molar-refractivity contribution is 8.06. The van der Waals surface area contributed by atoms with Gasteiger partial charge in [0.1, 0.15) is 5.82 Å². The number of hydrogen-bond acceptors (Lipinski definition) is 6. The van der Waals surface area contributed by atoms with Crippen LogP contribution >= 0.6 is 23.5 Å². The Morgan fingerprint density at radius 2 is 2.15 bits per heavy atom. The second-order valence-electron chi connectivity index (χ2n) is 4.90. The molecule has 2 heterocycles. The number of thioether (sulfide) groups is 2. The van der Waals surface area contributed by atoms with Crippen molar-refractivity contribution in [2.75, 3.05) is 31.8 Å². The molecule has 20 heavy (non-hydrogen) atoms. The van der Waals surface area contributed by atoms with Gasteiger partial charge in [0.05, 0.1) is 17.6 Å². The number of methoxy groups -OCH3 is 1. The molecule has 2 atom stereocenters. The number of rotatable bonds is 6. The van der Waals surface area contributed by atoms with E-state index in [1.54, 1.807) is 7.11 Å². The first kappa shape index (κ1) is 16.1. The standard InChI is InChI=1S/C14H23N3OS2/c1-10-8-12(9-15-4-5-18-3)17-14(16-10)13-11(2)19-6-7-20-13/h8,11,13,15H,4-7,9H2,1-3H3. The summed E-state index contributed by atoms with van der Waals surface area (Å²) in [5.74, 6) is 3.43. The van der Waals surface area contributed by atoms with Crippen molar-refractivity contribution in [3.05, 3.63) is 23.3 Å². The van der Waals surface area contributed by atoms with Gasteiger partial charge in [0, 0.05) is 42.6 Å². The summed E-state index contributed by atoms with van der Waals surface area (Å²) in [5, 5.41) is 4.35. The molecule has 0 saturated carbocycles. The maximum absolute atomic E-state index is 5.04. The minimum atomic E-state index is 0.423. The Morgan fingerprint density at radius 1 is 1.35 bits per heavy atom. The molecule has 0 aromatic carbocycles. The van der Waals surface area contributed by atoms with Crippen LogP contribution in [0.3, 0.4) is 0 Å². The van der Waals surface area contributed by atoms with Crippen LogP contribution in [0.15, 0.2) is 6.07 Å². The zero-order valence-electron chi connectivity index (χ0n) is 12.4. The average Bonchev–Trinajstić information content (AvgIpc) is 2.43. The molecule has 1 aromatic rings. The van der Waals surface area contributed by atoms with E-state index < -0.39 is 0 Å². The number of hydrogen-bond donors (Lipinski definition) is 1. The van der Waals surface area contributed by atoms with Gasteiger partial charge < -0.3 is 10.1 Å². The fourth-order valence-electron chi connectivity index (χ4n) is 2.18. The van der Waals surface area contributed by atoms with Gasteiger partial charge in [0.15, 0.2) is 0 Å². The Bertz CT molecular complexity index is 431. The lowest BCUT2D eigenvalue weighted by Crippen LogP contribution is -2.22. The van der Waals surface area contributed by atoms with Crippen LogP contribution in [0.2, 0.25) is 0 Å². The largest absolute Gasteiger partial charge is 0.383 e. The van der Waals surface area contributed by atoms with Crippen LogP contribution in [0.4, 0.5) is 0 Å². The fraction of sp³-hybridized carbons (Fsp3) is 0.714. The van der Waals surface area contributed by atoms with Crippen molar-refractivity contribution in [2.45, 2.75) is 30.9 Å². The second kappa shape index (κ2) is 8.22. The molecule has 2 rings (SSSR count). The molecule has 1 fully saturated rings. The van der Waals surface area contributed by atoms with Crippen molar-refractivity contribution in [1.29, 1.82) is 0 Å². The molecule has 1 aliphatic rings. The summed E-state index contributed by atoms with van der Waals surface area (Å²) in [6.45, 7) is 6.68.